The third-order valence-electron chi connectivity index (χ3n) is 4.28. The molecule has 0 aliphatic carbocycles. The Morgan fingerprint density at radius 2 is 2.40 bits per heavy atom. The van der Waals surface area contributed by atoms with Crippen LogP contribution in [0.4, 0.5) is 0 Å². The highest BCUT2D eigenvalue weighted by atomic mass is 16.5. The molecule has 2 heterocycles. The highest BCUT2D eigenvalue weighted by Gasteiger charge is 2.21. The van der Waals surface area contributed by atoms with Gasteiger partial charge in [-0.1, -0.05) is 6.92 Å². The van der Waals surface area contributed by atoms with Gasteiger partial charge in [0.05, 0.1) is 7.11 Å². The zero-order chi connectivity index (χ0) is 13.9. The van der Waals surface area contributed by atoms with E-state index in [9.17, 15) is 0 Å². The molecule has 1 saturated heterocycles. The Balaban J connectivity index is 1.73. The molecule has 0 spiro atoms. The lowest BCUT2D eigenvalue weighted by atomic mass is 9.85. The fourth-order valence-corrected chi connectivity index (χ4v) is 2.98. The van der Waals surface area contributed by atoms with Gasteiger partial charge in [0, 0.05) is 12.5 Å². The third kappa shape index (κ3) is 2.80. The molecule has 0 saturated carbocycles. The second-order valence-electron chi connectivity index (χ2n) is 5.73. The van der Waals surface area contributed by atoms with Crippen LogP contribution < -0.4 is 10.1 Å². The van der Waals surface area contributed by atoms with E-state index in [-0.39, 0.29) is 0 Å². The number of benzene rings is 1. The van der Waals surface area contributed by atoms with Crippen molar-refractivity contribution in [2.24, 2.45) is 11.8 Å². The van der Waals surface area contributed by atoms with E-state index in [1.54, 1.807) is 7.11 Å². The lowest BCUT2D eigenvalue weighted by Gasteiger charge is -2.27. The topological polar surface area (TPSA) is 47.3 Å². The molecule has 1 aliphatic rings. The molecule has 2 unspecified atom stereocenters. The molecule has 20 heavy (non-hydrogen) atoms. The number of nitrogens with zero attached hydrogens (tertiary/aromatic N) is 1. The molecule has 1 N–H and O–H groups in total. The second-order valence-corrected chi connectivity index (χ2v) is 5.73. The van der Waals surface area contributed by atoms with Crippen molar-refractivity contribution in [2.45, 2.75) is 26.2 Å². The zero-order valence-electron chi connectivity index (χ0n) is 12.2. The fourth-order valence-electron chi connectivity index (χ4n) is 2.98. The van der Waals surface area contributed by atoms with Gasteiger partial charge in [-0.15, -0.1) is 0 Å². The number of rotatable bonds is 4. The van der Waals surface area contributed by atoms with Gasteiger partial charge in [-0.2, -0.15) is 0 Å². The Hall–Kier alpha value is -1.55. The molecule has 2 aromatic rings. The predicted octanol–water partition coefficient (Wildman–Crippen LogP) is 3.01. The summed E-state index contributed by atoms with van der Waals surface area (Å²) < 4.78 is 11.1. The first-order valence-corrected chi connectivity index (χ1v) is 7.40. The van der Waals surface area contributed by atoms with E-state index in [1.807, 2.05) is 18.2 Å². The predicted molar refractivity (Wildman–Crippen MR) is 79.0 cm³/mol. The van der Waals surface area contributed by atoms with Crippen molar-refractivity contribution >= 4 is 11.1 Å². The van der Waals surface area contributed by atoms with Crippen LogP contribution in [0.5, 0.6) is 5.75 Å². The average molecular weight is 274 g/mol. The quantitative estimate of drug-likeness (QED) is 0.931. The molecular weight excluding hydrogens is 252 g/mol. The van der Waals surface area contributed by atoms with Crippen molar-refractivity contribution in [3.8, 4) is 5.75 Å². The standard InChI is InChI=1S/C16H22N2O2/c1-11(12-4-3-7-17-10-12)8-16-18-14-9-13(19-2)5-6-15(14)20-16/h5-6,9,11-12,17H,3-4,7-8,10H2,1-2H3. The summed E-state index contributed by atoms with van der Waals surface area (Å²) in [6.07, 6.45) is 3.49. The summed E-state index contributed by atoms with van der Waals surface area (Å²) in [7, 11) is 1.67. The highest BCUT2D eigenvalue weighted by molar-refractivity contribution is 5.74. The normalized spacial score (nSPS) is 21.0. The van der Waals surface area contributed by atoms with Crippen LogP contribution in [-0.4, -0.2) is 25.2 Å². The minimum Gasteiger partial charge on any atom is -0.497 e. The molecule has 4 heteroatoms. The van der Waals surface area contributed by atoms with Gasteiger partial charge in [0.15, 0.2) is 11.5 Å². The van der Waals surface area contributed by atoms with Gasteiger partial charge in [0.2, 0.25) is 0 Å². The zero-order valence-corrected chi connectivity index (χ0v) is 12.2. The summed E-state index contributed by atoms with van der Waals surface area (Å²) >= 11 is 0. The van der Waals surface area contributed by atoms with Crippen LogP contribution in [-0.2, 0) is 6.42 Å². The number of methoxy groups -OCH3 is 1. The number of fused-ring (bicyclic) bond motifs is 1. The van der Waals surface area contributed by atoms with Gasteiger partial charge in [-0.25, -0.2) is 4.98 Å². The number of piperidine rings is 1. The lowest BCUT2D eigenvalue weighted by molar-refractivity contribution is 0.267. The lowest BCUT2D eigenvalue weighted by Crippen LogP contribution is -2.33. The van der Waals surface area contributed by atoms with E-state index >= 15 is 0 Å². The maximum absolute atomic E-state index is 5.84. The third-order valence-corrected chi connectivity index (χ3v) is 4.28. The van der Waals surface area contributed by atoms with Crippen LogP contribution in [0, 0.1) is 11.8 Å². The molecule has 3 rings (SSSR count). The van der Waals surface area contributed by atoms with Crippen molar-refractivity contribution in [2.75, 3.05) is 20.2 Å². The molecule has 0 radical (unpaired) electrons. The van der Waals surface area contributed by atoms with Crippen LogP contribution in [0.3, 0.4) is 0 Å². The number of aromatic nitrogens is 1. The van der Waals surface area contributed by atoms with Crippen molar-refractivity contribution < 1.29 is 9.15 Å². The number of oxazole rings is 1. The van der Waals surface area contributed by atoms with Gasteiger partial charge >= 0.3 is 0 Å². The first-order chi connectivity index (χ1) is 9.76. The molecule has 1 aromatic heterocycles. The minimum absolute atomic E-state index is 0.595. The first kappa shape index (κ1) is 13.4. The van der Waals surface area contributed by atoms with Crippen LogP contribution in [0.2, 0.25) is 0 Å². The number of hydrogen-bond acceptors (Lipinski definition) is 4. The minimum atomic E-state index is 0.595. The summed E-state index contributed by atoms with van der Waals surface area (Å²) in [6, 6.07) is 5.76. The van der Waals surface area contributed by atoms with Crippen LogP contribution >= 0.6 is 0 Å². The Morgan fingerprint density at radius 1 is 1.50 bits per heavy atom. The molecule has 1 aliphatic heterocycles. The molecule has 0 amide bonds. The van der Waals surface area contributed by atoms with Gasteiger partial charge in [0.25, 0.3) is 0 Å². The number of hydrogen-bond donors (Lipinski definition) is 1. The smallest absolute Gasteiger partial charge is 0.195 e. The van der Waals surface area contributed by atoms with Crippen molar-refractivity contribution in [1.82, 2.24) is 10.3 Å². The van der Waals surface area contributed by atoms with Gasteiger partial charge in [-0.05, 0) is 49.9 Å². The molecule has 0 bridgehead atoms. The van der Waals surface area contributed by atoms with Crippen molar-refractivity contribution in [3.63, 3.8) is 0 Å². The van der Waals surface area contributed by atoms with E-state index in [0.717, 1.165) is 48.2 Å². The summed E-state index contributed by atoms with van der Waals surface area (Å²) in [4.78, 5) is 4.59. The Morgan fingerprint density at radius 3 is 3.15 bits per heavy atom. The second kappa shape index (κ2) is 5.83. The maximum atomic E-state index is 5.84. The Labute approximate surface area is 119 Å². The van der Waals surface area contributed by atoms with E-state index < -0.39 is 0 Å². The van der Waals surface area contributed by atoms with Crippen molar-refractivity contribution in [3.05, 3.63) is 24.1 Å². The van der Waals surface area contributed by atoms with E-state index in [1.165, 1.54) is 12.8 Å². The summed E-state index contributed by atoms with van der Waals surface area (Å²) in [5, 5.41) is 3.48. The van der Waals surface area contributed by atoms with E-state index in [2.05, 4.69) is 17.2 Å². The summed E-state index contributed by atoms with van der Waals surface area (Å²) in [6.45, 7) is 4.58. The molecule has 1 fully saturated rings. The van der Waals surface area contributed by atoms with Gasteiger partial charge < -0.3 is 14.5 Å². The van der Waals surface area contributed by atoms with E-state index in [4.69, 9.17) is 9.15 Å². The van der Waals surface area contributed by atoms with Crippen molar-refractivity contribution in [1.29, 1.82) is 0 Å². The van der Waals surface area contributed by atoms with Gasteiger partial charge in [0.1, 0.15) is 11.3 Å². The molecule has 108 valence electrons. The van der Waals surface area contributed by atoms with Crippen LogP contribution in [0.15, 0.2) is 22.6 Å². The molecular formula is C16H22N2O2. The Bertz CT molecular complexity index is 573. The monoisotopic (exact) mass is 274 g/mol. The summed E-state index contributed by atoms with van der Waals surface area (Å²) in [5.41, 5.74) is 1.73. The average Bonchev–Trinajstić information content (AvgIpc) is 2.89. The molecule has 4 nitrogen and oxygen atoms in total. The maximum Gasteiger partial charge on any atom is 0.195 e. The SMILES string of the molecule is COc1ccc2oc(CC(C)C3CCCNC3)nc2c1. The van der Waals surface area contributed by atoms with Gasteiger partial charge in [-0.3, -0.25) is 0 Å². The first-order valence-electron chi connectivity index (χ1n) is 7.40. The summed E-state index contributed by atoms with van der Waals surface area (Å²) in [5.74, 6) is 2.99. The number of ether oxygens (including phenoxy) is 1. The molecule has 1 aromatic carbocycles. The Kier molecular flexibility index (Phi) is 3.92. The van der Waals surface area contributed by atoms with Crippen LogP contribution in [0.1, 0.15) is 25.7 Å². The number of nitrogens with one attached hydrogen (secondary N) is 1. The van der Waals surface area contributed by atoms with E-state index in [0.29, 0.717) is 5.92 Å². The van der Waals surface area contributed by atoms with Crippen LogP contribution in [0.25, 0.3) is 11.1 Å². The largest absolute Gasteiger partial charge is 0.497 e. The molecule has 2 atom stereocenters. The fraction of sp³-hybridized carbons (Fsp3) is 0.562. The highest BCUT2D eigenvalue weighted by Crippen LogP contribution is 2.26.